The van der Waals surface area contributed by atoms with Crippen LogP contribution in [0.5, 0.6) is 5.75 Å². The van der Waals surface area contributed by atoms with Gasteiger partial charge < -0.3 is 4.74 Å². The lowest BCUT2D eigenvalue weighted by Crippen LogP contribution is -2.33. The minimum atomic E-state index is -4.49. The number of benzene rings is 2. The Morgan fingerprint density at radius 2 is 1.37 bits per heavy atom. The lowest BCUT2D eigenvalue weighted by molar-refractivity contribution is -0.253. The average Bonchev–Trinajstić information content (AvgIpc) is 2.74. The molecule has 4 rings (SSSR count). The Bertz CT molecular complexity index is 831. The number of halogens is 4. The van der Waals surface area contributed by atoms with Crippen molar-refractivity contribution in [2.24, 2.45) is 17.8 Å². The van der Waals surface area contributed by atoms with E-state index >= 15 is 0 Å². The van der Waals surface area contributed by atoms with Crippen molar-refractivity contribution in [1.82, 2.24) is 0 Å². The maximum absolute atomic E-state index is 13.0. The summed E-state index contributed by atoms with van der Waals surface area (Å²) in [5, 5.41) is 0. The minimum Gasteiger partial charge on any atom is -0.428 e. The molecule has 0 saturated heterocycles. The lowest BCUT2D eigenvalue weighted by atomic mass is 9.64. The fourth-order valence-corrected chi connectivity index (χ4v) is 5.29. The van der Waals surface area contributed by atoms with Crippen molar-refractivity contribution < 1.29 is 22.3 Å². The van der Waals surface area contributed by atoms with Crippen LogP contribution in [0.15, 0.2) is 48.5 Å². The number of rotatable bonds is 5. The molecule has 4 atom stereocenters. The van der Waals surface area contributed by atoms with E-state index in [4.69, 9.17) is 0 Å². The van der Waals surface area contributed by atoms with Crippen LogP contribution in [0, 0.1) is 17.8 Å². The van der Waals surface area contributed by atoms with Crippen molar-refractivity contribution in [3.63, 3.8) is 0 Å². The van der Waals surface area contributed by atoms with E-state index in [1.54, 1.807) is 12.1 Å². The van der Waals surface area contributed by atoms with Crippen LogP contribution in [-0.4, -0.2) is 12.5 Å². The Morgan fingerprint density at radius 3 is 2.00 bits per heavy atom. The molecule has 0 heterocycles. The highest BCUT2D eigenvalue weighted by atomic mass is 19.3. The van der Waals surface area contributed by atoms with E-state index in [0.29, 0.717) is 5.92 Å². The van der Waals surface area contributed by atoms with Crippen molar-refractivity contribution in [1.29, 1.82) is 0 Å². The molecule has 2 aliphatic rings. The Hall–Kier alpha value is -2.04. The molecule has 30 heavy (non-hydrogen) atoms. The summed E-state index contributed by atoms with van der Waals surface area (Å²) in [7, 11) is 0. The van der Waals surface area contributed by atoms with Crippen molar-refractivity contribution in [2.45, 2.75) is 63.9 Å². The zero-order valence-electron chi connectivity index (χ0n) is 17.2. The number of hydrogen-bond donors (Lipinski definition) is 0. The van der Waals surface area contributed by atoms with Crippen LogP contribution < -0.4 is 4.74 Å². The lowest BCUT2D eigenvalue weighted by Gasteiger charge is -2.41. The Kier molecular flexibility index (Phi) is 6.08. The molecule has 0 amide bonds. The molecule has 0 bridgehead atoms. The van der Waals surface area contributed by atoms with Gasteiger partial charge in [0.2, 0.25) is 0 Å². The standard InChI is InChI=1S/C25H28F4O/c1-16-2-3-22-15-21(9-8-20(22)14-16)19-6-4-17(5-7-19)18-10-12-23(13-11-18)30-25(28,29)24(26)27/h4-7,10-13,16,20-22,24H,2-3,8-9,14-15H2,1H3. The summed E-state index contributed by atoms with van der Waals surface area (Å²) < 4.78 is 54.7. The Labute approximate surface area is 175 Å². The molecule has 0 spiro atoms. The van der Waals surface area contributed by atoms with Gasteiger partial charge >= 0.3 is 12.5 Å². The highest BCUT2D eigenvalue weighted by Gasteiger charge is 2.44. The molecule has 2 fully saturated rings. The van der Waals surface area contributed by atoms with Gasteiger partial charge in [-0.25, -0.2) is 0 Å². The first-order chi connectivity index (χ1) is 14.3. The fourth-order valence-electron chi connectivity index (χ4n) is 5.29. The van der Waals surface area contributed by atoms with Gasteiger partial charge in [-0.1, -0.05) is 49.7 Å². The van der Waals surface area contributed by atoms with Crippen LogP contribution in [-0.2, 0) is 0 Å². The maximum atomic E-state index is 13.0. The Morgan fingerprint density at radius 1 is 0.800 bits per heavy atom. The summed E-state index contributed by atoms with van der Waals surface area (Å²) >= 11 is 0. The number of hydrogen-bond acceptors (Lipinski definition) is 1. The largest absolute Gasteiger partial charge is 0.461 e. The Balaban J connectivity index is 1.40. The third-order valence-electron chi connectivity index (χ3n) is 6.95. The smallest absolute Gasteiger partial charge is 0.428 e. The van der Waals surface area contributed by atoms with Crippen LogP contribution in [0.25, 0.3) is 11.1 Å². The maximum Gasteiger partial charge on any atom is 0.461 e. The normalized spacial score (nSPS) is 27.0. The van der Waals surface area contributed by atoms with Crippen LogP contribution in [0.3, 0.4) is 0 Å². The molecule has 2 saturated carbocycles. The van der Waals surface area contributed by atoms with Crippen LogP contribution in [0.1, 0.15) is 56.9 Å². The molecule has 0 radical (unpaired) electrons. The van der Waals surface area contributed by atoms with Gasteiger partial charge in [0.25, 0.3) is 0 Å². The number of alkyl halides is 4. The van der Waals surface area contributed by atoms with Crippen molar-refractivity contribution in [3.05, 3.63) is 54.1 Å². The van der Waals surface area contributed by atoms with Gasteiger partial charge in [-0.2, -0.15) is 17.6 Å². The molecular weight excluding hydrogens is 392 g/mol. The van der Waals surface area contributed by atoms with E-state index in [9.17, 15) is 17.6 Å². The van der Waals surface area contributed by atoms with Crippen molar-refractivity contribution in [2.75, 3.05) is 0 Å². The number of ether oxygens (including phenoxy) is 1. The first kappa shape index (κ1) is 21.2. The van der Waals surface area contributed by atoms with E-state index in [2.05, 4.69) is 23.8 Å². The van der Waals surface area contributed by atoms with Crippen LogP contribution >= 0.6 is 0 Å². The molecular formula is C25H28F4O. The predicted molar refractivity (Wildman–Crippen MR) is 110 cm³/mol. The second-order valence-electron chi connectivity index (χ2n) is 9.06. The molecule has 1 nitrogen and oxygen atoms in total. The van der Waals surface area contributed by atoms with Gasteiger partial charge in [0.05, 0.1) is 0 Å². The third kappa shape index (κ3) is 4.65. The van der Waals surface area contributed by atoms with E-state index in [-0.39, 0.29) is 5.75 Å². The van der Waals surface area contributed by atoms with Crippen LogP contribution in [0.2, 0.25) is 0 Å². The molecule has 0 aliphatic heterocycles. The summed E-state index contributed by atoms with van der Waals surface area (Å²) in [6, 6.07) is 14.3. The SMILES string of the molecule is CC1CCC2CC(c3ccc(-c4ccc(OC(F)(F)C(F)F)cc4)cc3)CCC2C1. The van der Waals surface area contributed by atoms with Crippen molar-refractivity contribution in [3.8, 4) is 16.9 Å². The summed E-state index contributed by atoms with van der Waals surface area (Å²) in [6.45, 7) is 2.38. The second-order valence-corrected chi connectivity index (χ2v) is 9.06. The molecule has 2 aromatic carbocycles. The van der Waals surface area contributed by atoms with E-state index in [0.717, 1.165) is 28.9 Å². The zero-order chi connectivity index (χ0) is 21.3. The van der Waals surface area contributed by atoms with Gasteiger partial charge in [0, 0.05) is 0 Å². The molecule has 162 valence electrons. The first-order valence-corrected chi connectivity index (χ1v) is 10.9. The number of fused-ring (bicyclic) bond motifs is 1. The topological polar surface area (TPSA) is 9.23 Å². The summed E-state index contributed by atoms with van der Waals surface area (Å²) in [5.41, 5.74) is 3.16. The first-order valence-electron chi connectivity index (χ1n) is 10.9. The third-order valence-corrected chi connectivity index (χ3v) is 6.95. The molecule has 5 heteroatoms. The fraction of sp³-hybridized carbons (Fsp3) is 0.520. The average molecular weight is 420 g/mol. The quantitative estimate of drug-likeness (QED) is 0.447. The van der Waals surface area contributed by atoms with Crippen molar-refractivity contribution >= 4 is 0 Å². The predicted octanol–water partition coefficient (Wildman–Crippen LogP) is 7.91. The van der Waals surface area contributed by atoms with E-state index in [1.165, 1.54) is 56.2 Å². The minimum absolute atomic E-state index is 0.278. The van der Waals surface area contributed by atoms with E-state index in [1.807, 2.05) is 12.1 Å². The summed E-state index contributed by atoms with van der Waals surface area (Å²) in [6.07, 6.45) is -0.394. The zero-order valence-corrected chi connectivity index (χ0v) is 17.2. The highest BCUT2D eigenvalue weighted by Crippen LogP contribution is 2.47. The molecule has 4 unspecified atom stereocenters. The van der Waals surface area contributed by atoms with Gasteiger partial charge in [-0.3, -0.25) is 0 Å². The van der Waals surface area contributed by atoms with Gasteiger partial charge in [-0.15, -0.1) is 0 Å². The van der Waals surface area contributed by atoms with Gasteiger partial charge in [0.1, 0.15) is 5.75 Å². The molecule has 0 N–H and O–H groups in total. The summed E-state index contributed by atoms with van der Waals surface area (Å²) in [5.74, 6) is 2.97. The van der Waals surface area contributed by atoms with Crippen LogP contribution in [0.4, 0.5) is 17.6 Å². The highest BCUT2D eigenvalue weighted by molar-refractivity contribution is 5.64. The van der Waals surface area contributed by atoms with E-state index < -0.39 is 12.5 Å². The monoisotopic (exact) mass is 420 g/mol. The van der Waals surface area contributed by atoms with Gasteiger partial charge in [0.15, 0.2) is 0 Å². The molecule has 2 aromatic rings. The second kappa shape index (κ2) is 8.60. The summed E-state index contributed by atoms with van der Waals surface area (Å²) in [4.78, 5) is 0. The molecule has 0 aromatic heterocycles. The molecule has 2 aliphatic carbocycles. The van der Waals surface area contributed by atoms with Gasteiger partial charge in [-0.05, 0) is 84.6 Å².